The number of benzene rings is 2. The average Bonchev–Trinajstić information content (AvgIpc) is 2.95. The topological polar surface area (TPSA) is 135 Å². The molecule has 2 atom stereocenters. The summed E-state index contributed by atoms with van der Waals surface area (Å²) in [6.45, 7) is -6.36. The summed E-state index contributed by atoms with van der Waals surface area (Å²) in [6, 6.07) is 15.9. The van der Waals surface area contributed by atoms with Crippen LogP contribution in [0.3, 0.4) is 0 Å². The molecule has 10 nitrogen and oxygen atoms in total. The average molecular weight is 577 g/mol. The van der Waals surface area contributed by atoms with Crippen LogP contribution in [0, 0.1) is 0 Å². The van der Waals surface area contributed by atoms with E-state index >= 15 is 0 Å². The molecule has 3 N–H and O–H groups in total. The summed E-state index contributed by atoms with van der Waals surface area (Å²) in [5, 5.41) is 2.22. The molecular weight excluding hydrogens is 544 g/mol. The lowest BCUT2D eigenvalue weighted by molar-refractivity contribution is -0.151. The molecule has 0 saturated heterocycles. The molecule has 0 radical (unpaired) electrons. The first-order chi connectivity index (χ1) is 19.1. The Hall–Kier alpha value is -3.75. The van der Waals surface area contributed by atoms with Crippen LogP contribution in [-0.2, 0) is 46.5 Å². The van der Waals surface area contributed by atoms with E-state index in [1.165, 1.54) is 0 Å². The maximum absolute atomic E-state index is 11.9. The van der Waals surface area contributed by atoms with E-state index in [4.69, 9.17) is 15.2 Å². The van der Waals surface area contributed by atoms with Crippen LogP contribution in [0.25, 0.3) is 0 Å². The number of nitrogens with two attached hydrogens (primary N) is 1. The number of esters is 2. The molecule has 2 aromatic rings. The molecule has 0 aromatic heterocycles. The van der Waals surface area contributed by atoms with Gasteiger partial charge in [0, 0.05) is 6.42 Å². The van der Waals surface area contributed by atoms with Crippen molar-refractivity contribution in [3.63, 3.8) is 0 Å². The Kier molecular flexibility index (Phi) is 17.3. The molecule has 0 bridgehead atoms. The molecule has 0 fully saturated rings. The number of rotatable bonds is 15. The van der Waals surface area contributed by atoms with Crippen LogP contribution in [0.1, 0.15) is 24.0 Å². The highest BCUT2D eigenvalue weighted by atomic mass is 19.3. The maximum Gasteiger partial charge on any atom is 0.407 e. The lowest BCUT2D eigenvalue weighted by atomic mass is 10.2. The largest absolute Gasteiger partial charge is 0.460 e. The zero-order valence-electron chi connectivity index (χ0n) is 21.7. The summed E-state index contributed by atoms with van der Waals surface area (Å²) in [7, 11) is 1.12. The Labute approximate surface area is 228 Å². The van der Waals surface area contributed by atoms with E-state index in [-0.39, 0.29) is 32.7 Å². The molecule has 0 saturated carbocycles. The minimum atomic E-state index is -2.95. The molecule has 1 amide bonds. The fourth-order valence-electron chi connectivity index (χ4n) is 2.79. The quantitative estimate of drug-likeness (QED) is 0.185. The van der Waals surface area contributed by atoms with Crippen molar-refractivity contribution in [3.05, 3.63) is 71.8 Å². The Bertz CT molecular complexity index is 987. The third-order valence-corrected chi connectivity index (χ3v) is 4.84. The van der Waals surface area contributed by atoms with Crippen molar-refractivity contribution in [2.24, 2.45) is 5.73 Å². The van der Waals surface area contributed by atoms with Crippen LogP contribution in [0.4, 0.5) is 22.4 Å². The van der Waals surface area contributed by atoms with Crippen molar-refractivity contribution >= 4 is 18.0 Å². The second-order valence-corrected chi connectivity index (χ2v) is 7.82. The highest BCUT2D eigenvalue weighted by molar-refractivity contribution is 5.81. The Morgan fingerprint density at radius 3 is 1.65 bits per heavy atom. The molecule has 14 heteroatoms. The summed E-state index contributed by atoms with van der Waals surface area (Å²) in [5.41, 5.74) is 7.06. The van der Waals surface area contributed by atoms with Crippen molar-refractivity contribution in [1.82, 2.24) is 5.32 Å². The Morgan fingerprint density at radius 2 is 1.20 bits per heavy atom. The van der Waals surface area contributed by atoms with Gasteiger partial charge >= 0.3 is 31.3 Å². The van der Waals surface area contributed by atoms with Gasteiger partial charge in [-0.1, -0.05) is 60.7 Å². The van der Waals surface area contributed by atoms with Crippen molar-refractivity contribution in [1.29, 1.82) is 0 Å². The summed E-state index contributed by atoms with van der Waals surface area (Å²) in [5.74, 6) is -1.39. The summed E-state index contributed by atoms with van der Waals surface area (Å²) in [6.07, 6.45) is -1.02. The second-order valence-electron chi connectivity index (χ2n) is 7.82. The zero-order chi connectivity index (χ0) is 29.8. The molecule has 0 aliphatic rings. The van der Waals surface area contributed by atoms with Crippen molar-refractivity contribution < 1.29 is 55.6 Å². The highest BCUT2D eigenvalue weighted by Crippen LogP contribution is 2.06. The van der Waals surface area contributed by atoms with Crippen LogP contribution in [0.5, 0.6) is 0 Å². The maximum atomic E-state index is 11.9. The first-order valence-corrected chi connectivity index (χ1v) is 11.9. The molecule has 2 rings (SSSR count). The van der Waals surface area contributed by atoms with Gasteiger partial charge in [-0.2, -0.15) is 17.6 Å². The molecule has 0 spiro atoms. The highest BCUT2D eigenvalue weighted by Gasteiger charge is 2.23. The molecule has 0 unspecified atom stereocenters. The van der Waals surface area contributed by atoms with E-state index in [2.05, 4.69) is 19.5 Å². The number of ether oxygens (including phenoxy) is 5. The smallest absolute Gasteiger partial charge is 0.407 e. The van der Waals surface area contributed by atoms with Crippen molar-refractivity contribution in [2.45, 2.75) is 51.4 Å². The number of amides is 1. The number of methoxy groups -OCH3 is 1. The third-order valence-electron chi connectivity index (χ3n) is 4.84. The van der Waals surface area contributed by atoms with Gasteiger partial charge < -0.3 is 34.7 Å². The fraction of sp³-hybridized carbons (Fsp3) is 0.423. The van der Waals surface area contributed by atoms with Gasteiger partial charge in [0.15, 0.2) is 0 Å². The molecule has 2 aromatic carbocycles. The molecule has 222 valence electrons. The first-order valence-electron chi connectivity index (χ1n) is 11.9. The number of hydrogen-bond acceptors (Lipinski definition) is 9. The molecule has 40 heavy (non-hydrogen) atoms. The monoisotopic (exact) mass is 576 g/mol. The van der Waals surface area contributed by atoms with Crippen molar-refractivity contribution in [3.8, 4) is 0 Å². The fourth-order valence-corrected chi connectivity index (χ4v) is 2.79. The SMILES string of the molecule is COC(=O)N[C@@H](CCOC(F)F)C(=O)OCc1ccccc1.N[C@@H](CCOC(F)F)C(=O)OCc1ccccc1. The number of nitrogens with one attached hydrogen (secondary N) is 1. The molecule has 0 heterocycles. The van der Waals surface area contributed by atoms with E-state index < -0.39 is 49.9 Å². The first kappa shape index (κ1) is 34.3. The van der Waals surface area contributed by atoms with E-state index in [0.29, 0.717) is 0 Å². The van der Waals surface area contributed by atoms with Crippen molar-refractivity contribution in [2.75, 3.05) is 20.3 Å². The summed E-state index contributed by atoms with van der Waals surface area (Å²) in [4.78, 5) is 34.5. The van der Waals surface area contributed by atoms with Gasteiger partial charge in [0.25, 0.3) is 0 Å². The number of carbonyl (C=O) groups is 3. The molecule has 0 aliphatic heterocycles. The number of hydrogen-bond donors (Lipinski definition) is 2. The normalized spacial score (nSPS) is 12.1. The van der Waals surface area contributed by atoms with Gasteiger partial charge in [-0.25, -0.2) is 9.59 Å². The number of halogens is 4. The predicted molar refractivity (Wildman–Crippen MR) is 133 cm³/mol. The standard InChI is InChI=1S/C14H17F2NO5.C12H15F2NO3/c1-20-14(19)17-11(7-8-21-13(15)16)12(18)22-9-10-5-3-2-4-6-10;13-12(14)17-7-6-10(15)11(16)18-8-9-4-2-1-3-5-9/h2-6,11,13H,7-9H2,1H3,(H,17,19);1-5,10,12H,6-8,15H2/t11-;10-/m00/s1. The zero-order valence-corrected chi connectivity index (χ0v) is 21.7. The van der Waals surface area contributed by atoms with Crippen LogP contribution < -0.4 is 11.1 Å². The molecular formula is C26H32F4N2O8. The third kappa shape index (κ3) is 16.3. The van der Waals surface area contributed by atoms with Crippen LogP contribution in [0.2, 0.25) is 0 Å². The van der Waals surface area contributed by atoms with Crippen LogP contribution in [-0.4, -0.2) is 63.7 Å². The minimum Gasteiger partial charge on any atom is -0.460 e. The minimum absolute atomic E-state index is 0.00202. The van der Waals surface area contributed by atoms with E-state index in [0.717, 1.165) is 18.2 Å². The van der Waals surface area contributed by atoms with Gasteiger partial charge in [0.1, 0.15) is 25.3 Å². The Balaban J connectivity index is 0.000000408. The Morgan fingerprint density at radius 1 is 0.750 bits per heavy atom. The van der Waals surface area contributed by atoms with Gasteiger partial charge in [-0.05, 0) is 17.5 Å². The van der Waals surface area contributed by atoms with E-state index in [1.54, 1.807) is 36.4 Å². The van der Waals surface area contributed by atoms with Gasteiger partial charge in [-0.3, -0.25) is 4.79 Å². The van der Waals surface area contributed by atoms with E-state index in [1.807, 2.05) is 24.3 Å². The summed E-state index contributed by atoms with van der Waals surface area (Å²) < 4.78 is 69.6. The lowest BCUT2D eigenvalue weighted by Gasteiger charge is -2.17. The number of alkyl carbamates (subject to hydrolysis) is 1. The number of carbonyl (C=O) groups excluding carboxylic acids is 3. The second kappa shape index (κ2) is 20.2. The van der Waals surface area contributed by atoms with Gasteiger partial charge in [0.2, 0.25) is 0 Å². The van der Waals surface area contributed by atoms with Crippen LogP contribution in [0.15, 0.2) is 60.7 Å². The molecule has 0 aliphatic carbocycles. The van der Waals surface area contributed by atoms with Gasteiger partial charge in [-0.15, -0.1) is 0 Å². The van der Waals surface area contributed by atoms with Crippen LogP contribution >= 0.6 is 0 Å². The predicted octanol–water partition coefficient (Wildman–Crippen LogP) is 3.77. The van der Waals surface area contributed by atoms with E-state index in [9.17, 15) is 31.9 Å². The number of alkyl halides is 4. The lowest BCUT2D eigenvalue weighted by Crippen LogP contribution is -2.42. The van der Waals surface area contributed by atoms with Gasteiger partial charge in [0.05, 0.1) is 20.3 Å². The summed E-state index contributed by atoms with van der Waals surface area (Å²) >= 11 is 0.